The fourth-order valence-corrected chi connectivity index (χ4v) is 0.941. The molecule has 84 valence electrons. The van der Waals surface area contributed by atoms with E-state index in [1.165, 1.54) is 6.92 Å². The van der Waals surface area contributed by atoms with E-state index >= 15 is 0 Å². The van der Waals surface area contributed by atoms with Crippen LogP contribution < -0.4 is 0 Å². The highest BCUT2D eigenvalue weighted by molar-refractivity contribution is 5.82. The molecule has 7 heteroatoms. The first-order chi connectivity index (χ1) is 6.10. The third kappa shape index (κ3) is 3.55. The Morgan fingerprint density at radius 2 is 1.43 bits per heavy atom. The molecule has 0 radical (unpaired) electrons. The van der Waals surface area contributed by atoms with Crippen LogP contribution in [0, 0.1) is 5.92 Å². The van der Waals surface area contributed by atoms with E-state index in [2.05, 4.69) is 0 Å². The van der Waals surface area contributed by atoms with E-state index in [9.17, 15) is 31.1 Å². The van der Waals surface area contributed by atoms with Gasteiger partial charge < -0.3 is 0 Å². The Morgan fingerprint density at radius 3 is 1.64 bits per heavy atom. The molecule has 0 aromatic heterocycles. The highest BCUT2D eigenvalue weighted by atomic mass is 19.4. The third-order valence-electron chi connectivity index (χ3n) is 1.47. The van der Waals surface area contributed by atoms with Crippen LogP contribution in [0.4, 0.5) is 26.3 Å². The van der Waals surface area contributed by atoms with Gasteiger partial charge in [0.15, 0.2) is 5.78 Å². The van der Waals surface area contributed by atoms with E-state index in [4.69, 9.17) is 0 Å². The summed E-state index contributed by atoms with van der Waals surface area (Å²) in [5.74, 6) is -5.66. The highest BCUT2D eigenvalue weighted by Crippen LogP contribution is 2.40. The summed E-state index contributed by atoms with van der Waals surface area (Å²) in [5.41, 5.74) is 0. The number of carbonyl (C=O) groups excluding carboxylic acids is 1. The van der Waals surface area contributed by atoms with Crippen molar-refractivity contribution >= 4 is 5.78 Å². The lowest BCUT2D eigenvalue weighted by atomic mass is 9.99. The zero-order valence-corrected chi connectivity index (χ0v) is 7.17. The van der Waals surface area contributed by atoms with Crippen LogP contribution in [-0.2, 0) is 4.79 Å². The molecule has 0 rings (SSSR count). The topological polar surface area (TPSA) is 17.1 Å². The molecular weight excluding hydrogens is 214 g/mol. The molecule has 0 aliphatic carbocycles. The largest absolute Gasteiger partial charge is 0.407 e. The molecule has 0 fully saturated rings. The molecule has 0 saturated carbocycles. The molecule has 0 saturated heterocycles. The molecule has 0 spiro atoms. The van der Waals surface area contributed by atoms with Gasteiger partial charge in [-0.15, -0.1) is 0 Å². The lowest BCUT2D eigenvalue weighted by molar-refractivity contribution is -0.273. The molecule has 0 atom stereocenters. The number of halogens is 6. The first-order valence-electron chi connectivity index (χ1n) is 3.76. The van der Waals surface area contributed by atoms with Crippen LogP contribution in [0.2, 0.25) is 0 Å². The summed E-state index contributed by atoms with van der Waals surface area (Å²) in [6, 6.07) is 0. The van der Waals surface area contributed by atoms with E-state index in [-0.39, 0.29) is 6.42 Å². The second kappa shape index (κ2) is 4.18. The molecule has 0 heterocycles. The molecule has 0 aliphatic rings. The number of rotatable bonds is 3. The lowest BCUT2D eigenvalue weighted by Crippen LogP contribution is -2.42. The van der Waals surface area contributed by atoms with Gasteiger partial charge in [-0.25, -0.2) is 0 Å². The van der Waals surface area contributed by atoms with Gasteiger partial charge in [-0.3, -0.25) is 4.79 Å². The van der Waals surface area contributed by atoms with Crippen LogP contribution in [0.5, 0.6) is 0 Å². The summed E-state index contributed by atoms with van der Waals surface area (Å²) >= 11 is 0. The second-order valence-electron chi connectivity index (χ2n) is 2.73. The molecule has 0 aromatic rings. The first kappa shape index (κ1) is 13.2. The first-order valence-corrected chi connectivity index (χ1v) is 3.76. The van der Waals surface area contributed by atoms with Crippen molar-refractivity contribution in [1.29, 1.82) is 0 Å². The monoisotopic (exact) mass is 222 g/mol. The zero-order valence-electron chi connectivity index (χ0n) is 7.17. The van der Waals surface area contributed by atoms with Gasteiger partial charge in [0.05, 0.1) is 0 Å². The molecule has 0 unspecified atom stereocenters. The minimum absolute atomic E-state index is 0.0402. The van der Waals surface area contributed by atoms with Gasteiger partial charge in [-0.1, -0.05) is 6.92 Å². The zero-order chi connectivity index (χ0) is 11.6. The molecule has 0 bridgehead atoms. The van der Waals surface area contributed by atoms with Gasteiger partial charge in [-0.05, 0) is 6.42 Å². The SMILES string of the molecule is CCCC(=O)C(C(F)(F)F)C(F)(F)F. The summed E-state index contributed by atoms with van der Waals surface area (Å²) in [5, 5.41) is 0. The van der Waals surface area contributed by atoms with Crippen LogP contribution in [0.25, 0.3) is 0 Å². The van der Waals surface area contributed by atoms with Crippen molar-refractivity contribution in [1.82, 2.24) is 0 Å². The van der Waals surface area contributed by atoms with E-state index in [1.54, 1.807) is 0 Å². The molecule has 0 N–H and O–H groups in total. The number of carbonyl (C=O) groups is 1. The van der Waals surface area contributed by atoms with Gasteiger partial charge in [0.2, 0.25) is 5.92 Å². The Labute approximate surface area is 76.1 Å². The Morgan fingerprint density at radius 1 is 1.07 bits per heavy atom. The van der Waals surface area contributed by atoms with Crippen molar-refractivity contribution in [2.45, 2.75) is 32.1 Å². The Bertz CT molecular complexity index is 189. The van der Waals surface area contributed by atoms with Crippen LogP contribution in [-0.4, -0.2) is 18.1 Å². The van der Waals surface area contributed by atoms with Crippen molar-refractivity contribution in [3.63, 3.8) is 0 Å². The quantitative estimate of drug-likeness (QED) is 0.670. The molecule has 0 aromatic carbocycles. The normalized spacial score (nSPS) is 13.4. The molecule has 1 nitrogen and oxygen atoms in total. The van der Waals surface area contributed by atoms with Crippen molar-refractivity contribution in [3.05, 3.63) is 0 Å². The predicted molar refractivity (Wildman–Crippen MR) is 35.5 cm³/mol. The summed E-state index contributed by atoms with van der Waals surface area (Å²) in [7, 11) is 0. The molecule has 0 aliphatic heterocycles. The fraction of sp³-hybridized carbons (Fsp3) is 0.857. The van der Waals surface area contributed by atoms with E-state index in [1.807, 2.05) is 0 Å². The Kier molecular flexibility index (Phi) is 3.96. The Balaban J connectivity index is 4.84. The maximum Gasteiger partial charge on any atom is 0.407 e. The maximum absolute atomic E-state index is 11.8. The maximum atomic E-state index is 11.8. The van der Waals surface area contributed by atoms with Crippen molar-refractivity contribution in [2.24, 2.45) is 5.92 Å². The van der Waals surface area contributed by atoms with Crippen LogP contribution >= 0.6 is 0 Å². The van der Waals surface area contributed by atoms with Gasteiger partial charge in [0.25, 0.3) is 0 Å². The lowest BCUT2D eigenvalue weighted by Gasteiger charge is -2.21. The Hall–Kier alpha value is -0.750. The molecular formula is C7H8F6O. The van der Waals surface area contributed by atoms with E-state index in [0.29, 0.717) is 0 Å². The summed E-state index contributed by atoms with van der Waals surface area (Å²) < 4.78 is 71.1. The van der Waals surface area contributed by atoms with Crippen molar-refractivity contribution in [2.75, 3.05) is 0 Å². The van der Waals surface area contributed by atoms with Crippen LogP contribution in [0.1, 0.15) is 19.8 Å². The van der Waals surface area contributed by atoms with Gasteiger partial charge >= 0.3 is 12.4 Å². The average Bonchev–Trinajstić information content (AvgIpc) is 1.78. The van der Waals surface area contributed by atoms with Crippen molar-refractivity contribution in [3.8, 4) is 0 Å². The van der Waals surface area contributed by atoms with E-state index < -0.39 is 30.5 Å². The standard InChI is InChI=1S/C7H8F6O/c1-2-3-4(14)5(6(8,9)10)7(11,12)13/h5H,2-3H2,1H3. The van der Waals surface area contributed by atoms with E-state index in [0.717, 1.165) is 0 Å². The summed E-state index contributed by atoms with van der Waals surface area (Å²) in [6.45, 7) is 1.34. The number of hydrogen-bond donors (Lipinski definition) is 0. The van der Waals surface area contributed by atoms with Crippen molar-refractivity contribution < 1.29 is 31.1 Å². The fourth-order valence-electron chi connectivity index (χ4n) is 0.941. The molecule has 0 amide bonds. The average molecular weight is 222 g/mol. The van der Waals surface area contributed by atoms with Crippen LogP contribution in [0.15, 0.2) is 0 Å². The third-order valence-corrected chi connectivity index (χ3v) is 1.47. The number of Topliss-reactive ketones (excluding diaryl/α,β-unsaturated/α-hetero) is 1. The van der Waals surface area contributed by atoms with Gasteiger partial charge in [0, 0.05) is 6.42 Å². The summed E-state index contributed by atoms with van der Waals surface area (Å²) in [6.07, 6.45) is -11.9. The predicted octanol–water partition coefficient (Wildman–Crippen LogP) is 3.10. The smallest absolute Gasteiger partial charge is 0.299 e. The van der Waals surface area contributed by atoms with Gasteiger partial charge in [0.1, 0.15) is 0 Å². The molecule has 14 heavy (non-hydrogen) atoms. The number of alkyl halides is 6. The minimum atomic E-state index is -5.55. The minimum Gasteiger partial charge on any atom is -0.299 e. The van der Waals surface area contributed by atoms with Gasteiger partial charge in [-0.2, -0.15) is 26.3 Å². The highest BCUT2D eigenvalue weighted by Gasteiger charge is 2.60. The number of hydrogen-bond acceptors (Lipinski definition) is 1. The summed E-state index contributed by atoms with van der Waals surface area (Å²) in [4.78, 5) is 10.6. The van der Waals surface area contributed by atoms with Crippen LogP contribution in [0.3, 0.4) is 0 Å². The second-order valence-corrected chi connectivity index (χ2v) is 2.73. The number of ketones is 1.